The van der Waals surface area contributed by atoms with Gasteiger partial charge >= 0.3 is 0 Å². The summed E-state index contributed by atoms with van der Waals surface area (Å²) < 4.78 is 0. The summed E-state index contributed by atoms with van der Waals surface area (Å²) in [6.45, 7) is 6.80. The summed E-state index contributed by atoms with van der Waals surface area (Å²) in [5.41, 5.74) is 0.545. The molecule has 1 unspecified atom stereocenters. The van der Waals surface area contributed by atoms with Crippen molar-refractivity contribution in [2.75, 3.05) is 26.2 Å². The van der Waals surface area contributed by atoms with Gasteiger partial charge in [-0.05, 0) is 13.3 Å². The molecule has 0 radical (unpaired) electrons. The van der Waals surface area contributed by atoms with Crippen LogP contribution in [0, 0.1) is 18.3 Å². The highest BCUT2D eigenvalue weighted by molar-refractivity contribution is 7.09. The second kappa shape index (κ2) is 6.13. The summed E-state index contributed by atoms with van der Waals surface area (Å²) in [7, 11) is 0. The Balaban J connectivity index is 1.93. The van der Waals surface area contributed by atoms with Gasteiger partial charge < -0.3 is 4.90 Å². The average molecular weight is 278 g/mol. The Kier molecular flexibility index (Phi) is 4.51. The van der Waals surface area contributed by atoms with Crippen molar-refractivity contribution in [1.29, 1.82) is 5.26 Å². The zero-order valence-corrected chi connectivity index (χ0v) is 12.1. The van der Waals surface area contributed by atoms with E-state index in [4.69, 9.17) is 5.26 Å². The highest BCUT2D eigenvalue weighted by Crippen LogP contribution is 2.14. The number of aromatic nitrogens is 1. The van der Waals surface area contributed by atoms with Gasteiger partial charge in [-0.25, -0.2) is 4.98 Å². The Morgan fingerprint density at radius 1 is 1.53 bits per heavy atom. The minimum Gasteiger partial charge on any atom is -0.335 e. The third kappa shape index (κ3) is 3.11. The zero-order valence-electron chi connectivity index (χ0n) is 11.3. The van der Waals surface area contributed by atoms with Gasteiger partial charge in [-0.3, -0.25) is 9.69 Å². The minimum atomic E-state index is -0.0289. The van der Waals surface area contributed by atoms with Crippen molar-refractivity contribution >= 4 is 17.2 Å². The lowest BCUT2D eigenvalue weighted by Gasteiger charge is -2.36. The van der Waals surface area contributed by atoms with Crippen LogP contribution in [0.25, 0.3) is 0 Å². The first-order valence-corrected chi connectivity index (χ1v) is 7.38. The van der Waals surface area contributed by atoms with Gasteiger partial charge in [-0.1, -0.05) is 6.92 Å². The fraction of sp³-hybridized carbons (Fsp3) is 0.615. The van der Waals surface area contributed by atoms with Crippen molar-refractivity contribution < 1.29 is 4.79 Å². The predicted octanol–water partition coefficient (Wildman–Crippen LogP) is 1.51. The van der Waals surface area contributed by atoms with Crippen molar-refractivity contribution in [1.82, 2.24) is 14.8 Å². The monoisotopic (exact) mass is 278 g/mol. The van der Waals surface area contributed by atoms with Crippen LogP contribution in [0.3, 0.4) is 0 Å². The molecule has 19 heavy (non-hydrogen) atoms. The Morgan fingerprint density at radius 2 is 2.21 bits per heavy atom. The van der Waals surface area contributed by atoms with Crippen LogP contribution in [-0.4, -0.2) is 52.9 Å². The van der Waals surface area contributed by atoms with Gasteiger partial charge in [0.05, 0.1) is 17.1 Å². The minimum absolute atomic E-state index is 0.00834. The van der Waals surface area contributed by atoms with Gasteiger partial charge in [0.25, 0.3) is 5.91 Å². The van der Waals surface area contributed by atoms with Gasteiger partial charge in [0.1, 0.15) is 5.69 Å². The van der Waals surface area contributed by atoms with Crippen molar-refractivity contribution in [3.8, 4) is 6.07 Å². The van der Waals surface area contributed by atoms with Gasteiger partial charge in [-0.15, -0.1) is 11.3 Å². The molecule has 6 heteroatoms. The SMILES string of the molecule is CCC(C#N)N1CCN(C(=O)c2csc(C)n2)CC1. The molecular formula is C13H18N4OS. The second-order valence-corrected chi connectivity index (χ2v) is 5.70. The molecule has 1 amide bonds. The molecule has 0 N–H and O–H groups in total. The number of aryl methyl sites for hydroxylation is 1. The lowest BCUT2D eigenvalue weighted by Crippen LogP contribution is -2.51. The molecular weight excluding hydrogens is 260 g/mol. The van der Waals surface area contributed by atoms with E-state index in [2.05, 4.69) is 16.0 Å². The zero-order chi connectivity index (χ0) is 13.8. The normalized spacial score (nSPS) is 18.1. The third-order valence-corrected chi connectivity index (χ3v) is 4.19. The number of carbonyl (C=O) groups excluding carboxylic acids is 1. The highest BCUT2D eigenvalue weighted by Gasteiger charge is 2.26. The van der Waals surface area contributed by atoms with Crippen LogP contribution in [0.15, 0.2) is 5.38 Å². The van der Waals surface area contributed by atoms with E-state index in [9.17, 15) is 4.79 Å². The number of hydrogen-bond acceptors (Lipinski definition) is 5. The van der Waals surface area contributed by atoms with Crippen molar-refractivity contribution in [3.05, 3.63) is 16.1 Å². The topological polar surface area (TPSA) is 60.2 Å². The van der Waals surface area contributed by atoms with Crippen LogP contribution >= 0.6 is 11.3 Å². The summed E-state index contributed by atoms with van der Waals surface area (Å²) in [6, 6.07) is 2.28. The summed E-state index contributed by atoms with van der Waals surface area (Å²) in [5.74, 6) is 0.00834. The summed E-state index contributed by atoms with van der Waals surface area (Å²) >= 11 is 1.50. The van der Waals surface area contributed by atoms with Crippen LogP contribution in [-0.2, 0) is 0 Å². The maximum atomic E-state index is 12.2. The van der Waals surface area contributed by atoms with Crippen LogP contribution in [0.2, 0.25) is 0 Å². The number of thiazole rings is 1. The van der Waals surface area contributed by atoms with Crippen LogP contribution in [0.5, 0.6) is 0 Å². The molecule has 1 fully saturated rings. The smallest absolute Gasteiger partial charge is 0.273 e. The molecule has 5 nitrogen and oxygen atoms in total. The van der Waals surface area contributed by atoms with Crippen molar-refractivity contribution in [2.45, 2.75) is 26.3 Å². The van der Waals surface area contributed by atoms with E-state index in [0.29, 0.717) is 18.8 Å². The molecule has 1 saturated heterocycles. The second-order valence-electron chi connectivity index (χ2n) is 4.63. The fourth-order valence-corrected chi connectivity index (χ4v) is 2.88. The Hall–Kier alpha value is -1.45. The first-order valence-electron chi connectivity index (χ1n) is 6.50. The molecule has 1 aliphatic rings. The molecule has 1 atom stereocenters. The fourth-order valence-electron chi connectivity index (χ4n) is 2.29. The average Bonchev–Trinajstić information content (AvgIpc) is 2.87. The maximum Gasteiger partial charge on any atom is 0.273 e. The summed E-state index contributed by atoms with van der Waals surface area (Å²) in [5, 5.41) is 11.8. The maximum absolute atomic E-state index is 12.2. The molecule has 102 valence electrons. The van der Waals surface area contributed by atoms with E-state index in [-0.39, 0.29) is 11.9 Å². The number of nitriles is 1. The first-order chi connectivity index (χ1) is 9.15. The Morgan fingerprint density at radius 3 is 2.68 bits per heavy atom. The van der Waals surface area contributed by atoms with Gasteiger partial charge in [0.15, 0.2) is 0 Å². The van der Waals surface area contributed by atoms with E-state index >= 15 is 0 Å². The van der Waals surface area contributed by atoms with Crippen LogP contribution < -0.4 is 0 Å². The third-order valence-electron chi connectivity index (χ3n) is 3.42. The molecule has 0 saturated carbocycles. The molecule has 1 aromatic rings. The van der Waals surface area contributed by atoms with Crippen LogP contribution in [0.4, 0.5) is 0 Å². The molecule has 2 rings (SSSR count). The number of amides is 1. The summed E-state index contributed by atoms with van der Waals surface area (Å²) in [4.78, 5) is 20.4. The van der Waals surface area contributed by atoms with E-state index in [1.807, 2.05) is 24.1 Å². The number of hydrogen-bond donors (Lipinski definition) is 0. The standard InChI is InChI=1S/C13H18N4OS/c1-3-11(8-14)16-4-6-17(7-5-16)13(18)12-9-19-10(2)15-12/h9,11H,3-7H2,1-2H3. The lowest BCUT2D eigenvalue weighted by molar-refractivity contribution is 0.0599. The predicted molar refractivity (Wildman–Crippen MR) is 74.0 cm³/mol. The number of rotatable bonds is 3. The summed E-state index contributed by atoms with van der Waals surface area (Å²) in [6.07, 6.45) is 0.829. The van der Waals surface area contributed by atoms with Gasteiger partial charge in [0.2, 0.25) is 0 Å². The molecule has 1 aliphatic heterocycles. The first kappa shape index (κ1) is 14.0. The van der Waals surface area contributed by atoms with Crippen molar-refractivity contribution in [2.24, 2.45) is 0 Å². The molecule has 0 aromatic carbocycles. The van der Waals surface area contributed by atoms with Gasteiger partial charge in [0, 0.05) is 31.6 Å². The Bertz CT molecular complexity index is 485. The van der Waals surface area contributed by atoms with E-state index in [1.54, 1.807) is 0 Å². The number of piperazine rings is 1. The van der Waals surface area contributed by atoms with Crippen LogP contribution in [0.1, 0.15) is 28.8 Å². The largest absolute Gasteiger partial charge is 0.335 e. The van der Waals surface area contributed by atoms with E-state index < -0.39 is 0 Å². The number of nitrogens with zero attached hydrogens (tertiary/aromatic N) is 4. The Labute approximate surface area is 117 Å². The molecule has 0 bridgehead atoms. The molecule has 0 aliphatic carbocycles. The molecule has 2 heterocycles. The van der Waals surface area contributed by atoms with Crippen molar-refractivity contribution in [3.63, 3.8) is 0 Å². The van der Waals surface area contributed by atoms with E-state index in [0.717, 1.165) is 24.5 Å². The molecule has 1 aromatic heterocycles. The highest BCUT2D eigenvalue weighted by atomic mass is 32.1. The molecule has 0 spiro atoms. The number of carbonyl (C=O) groups is 1. The quantitative estimate of drug-likeness (QED) is 0.841. The lowest BCUT2D eigenvalue weighted by atomic mass is 10.2. The van der Waals surface area contributed by atoms with E-state index in [1.165, 1.54) is 11.3 Å². The van der Waals surface area contributed by atoms with Gasteiger partial charge in [-0.2, -0.15) is 5.26 Å².